The topological polar surface area (TPSA) is 58.4 Å². The van der Waals surface area contributed by atoms with Crippen molar-refractivity contribution in [3.63, 3.8) is 0 Å². The Kier molecular flexibility index (Phi) is 7.57. The molecule has 0 amide bonds. The standard InChI is InChI=1S/C34H31Cl2N3O2S/c35-25-8-3-21(4-9-25)32(22-5-10-26(36)11-6-22)24-7-13-29-30(19-24)39(33(37-29)23-1-2-23)27-15-17-38(18-16-27)20-28-12-14-31(42-28)34(40)41/h3-14,19,23,27,32H,1-2,15-18,20H2,(H,40,41). The summed E-state index contributed by atoms with van der Waals surface area (Å²) in [5, 5.41) is 10.7. The summed E-state index contributed by atoms with van der Waals surface area (Å²) in [6.07, 6.45) is 4.50. The normalized spacial score (nSPS) is 16.5. The Labute approximate surface area is 259 Å². The molecule has 2 fully saturated rings. The number of likely N-dealkylation sites (tertiary alicyclic amines) is 1. The number of halogens is 2. The highest BCUT2D eigenvalue weighted by atomic mass is 35.5. The average molecular weight is 617 g/mol. The quantitative estimate of drug-likeness (QED) is 0.177. The van der Waals surface area contributed by atoms with Crippen LogP contribution in [-0.2, 0) is 6.54 Å². The second kappa shape index (κ2) is 11.5. The first-order valence-electron chi connectivity index (χ1n) is 14.5. The van der Waals surface area contributed by atoms with Gasteiger partial charge in [0.05, 0.1) is 11.0 Å². The predicted molar refractivity (Wildman–Crippen MR) is 170 cm³/mol. The number of fused-ring (bicyclic) bond motifs is 1. The van der Waals surface area contributed by atoms with E-state index in [1.165, 1.54) is 52.2 Å². The van der Waals surface area contributed by atoms with Gasteiger partial charge in [-0.2, -0.15) is 0 Å². The molecule has 2 aromatic heterocycles. The van der Waals surface area contributed by atoms with Crippen molar-refractivity contribution >= 4 is 51.5 Å². The molecule has 0 spiro atoms. The first-order chi connectivity index (χ1) is 20.4. The summed E-state index contributed by atoms with van der Waals surface area (Å²) in [7, 11) is 0. The Bertz CT molecular complexity index is 1690. The maximum atomic E-state index is 11.3. The van der Waals surface area contributed by atoms with Crippen molar-refractivity contribution in [2.24, 2.45) is 0 Å². The first-order valence-corrected chi connectivity index (χ1v) is 16.1. The highest BCUT2D eigenvalue weighted by Crippen LogP contribution is 2.44. The van der Waals surface area contributed by atoms with Gasteiger partial charge in [-0.1, -0.05) is 53.5 Å². The largest absolute Gasteiger partial charge is 0.477 e. The molecule has 0 radical (unpaired) electrons. The van der Waals surface area contributed by atoms with Crippen molar-refractivity contribution in [2.45, 2.75) is 50.1 Å². The average Bonchev–Trinajstić information content (AvgIpc) is 3.61. The molecule has 1 saturated carbocycles. The molecular weight excluding hydrogens is 585 g/mol. The molecule has 3 heterocycles. The molecule has 7 rings (SSSR count). The summed E-state index contributed by atoms with van der Waals surface area (Å²) in [6, 6.07) is 27.1. The van der Waals surface area contributed by atoms with Crippen LogP contribution in [-0.4, -0.2) is 38.6 Å². The molecule has 0 atom stereocenters. The van der Waals surface area contributed by atoms with Gasteiger partial charge in [0.25, 0.3) is 0 Å². The van der Waals surface area contributed by atoms with Gasteiger partial charge in [-0.15, -0.1) is 11.3 Å². The van der Waals surface area contributed by atoms with Crippen LogP contribution in [0, 0.1) is 0 Å². The Morgan fingerprint density at radius 3 is 2.05 bits per heavy atom. The molecule has 42 heavy (non-hydrogen) atoms. The van der Waals surface area contributed by atoms with Gasteiger partial charge < -0.3 is 9.67 Å². The third-order valence-electron chi connectivity index (χ3n) is 8.60. The number of carboxylic acid groups (broad SMARTS) is 1. The van der Waals surface area contributed by atoms with Gasteiger partial charge in [-0.05, 0) is 90.9 Å². The summed E-state index contributed by atoms with van der Waals surface area (Å²) < 4.78 is 2.56. The Morgan fingerprint density at radius 2 is 1.48 bits per heavy atom. The number of nitrogens with zero attached hydrogens (tertiary/aromatic N) is 3. The summed E-state index contributed by atoms with van der Waals surface area (Å²) in [5.41, 5.74) is 5.86. The number of thiophene rings is 1. The van der Waals surface area contributed by atoms with Crippen molar-refractivity contribution in [1.29, 1.82) is 0 Å². The minimum Gasteiger partial charge on any atom is -0.477 e. The van der Waals surface area contributed by atoms with Gasteiger partial charge in [0, 0.05) is 52.4 Å². The van der Waals surface area contributed by atoms with Crippen molar-refractivity contribution in [3.8, 4) is 0 Å². The van der Waals surface area contributed by atoms with E-state index in [2.05, 4.69) is 51.9 Å². The lowest BCUT2D eigenvalue weighted by molar-refractivity contribution is 0.0702. The number of benzene rings is 3. The van der Waals surface area contributed by atoms with Gasteiger partial charge in [-0.25, -0.2) is 9.78 Å². The maximum absolute atomic E-state index is 11.3. The van der Waals surface area contributed by atoms with Crippen LogP contribution >= 0.6 is 34.5 Å². The van der Waals surface area contributed by atoms with Crippen LogP contribution in [0.15, 0.2) is 78.9 Å². The molecule has 1 aliphatic heterocycles. The molecule has 2 aliphatic rings. The van der Waals surface area contributed by atoms with E-state index in [9.17, 15) is 9.90 Å². The van der Waals surface area contributed by atoms with Gasteiger partial charge in [0.1, 0.15) is 10.7 Å². The van der Waals surface area contributed by atoms with Crippen LogP contribution in [0.5, 0.6) is 0 Å². The molecule has 5 nitrogen and oxygen atoms in total. The third kappa shape index (κ3) is 5.61. The van der Waals surface area contributed by atoms with Gasteiger partial charge in [0.2, 0.25) is 0 Å². The van der Waals surface area contributed by atoms with E-state index < -0.39 is 5.97 Å². The maximum Gasteiger partial charge on any atom is 0.345 e. The molecule has 0 unspecified atom stereocenters. The molecule has 1 N–H and O–H groups in total. The second-order valence-electron chi connectivity index (χ2n) is 11.5. The lowest BCUT2D eigenvalue weighted by atomic mass is 9.85. The molecule has 1 saturated heterocycles. The van der Waals surface area contributed by atoms with Crippen molar-refractivity contribution in [2.75, 3.05) is 13.1 Å². The highest BCUT2D eigenvalue weighted by molar-refractivity contribution is 7.13. The number of aromatic nitrogens is 2. The first kappa shape index (κ1) is 27.7. The Balaban J connectivity index is 1.21. The smallest absolute Gasteiger partial charge is 0.345 e. The number of piperidine rings is 1. The van der Waals surface area contributed by atoms with Crippen LogP contribution in [0.25, 0.3) is 11.0 Å². The number of rotatable bonds is 8. The Morgan fingerprint density at radius 1 is 0.857 bits per heavy atom. The zero-order valence-corrected chi connectivity index (χ0v) is 25.4. The molecule has 3 aromatic carbocycles. The minimum absolute atomic E-state index is 0.0417. The summed E-state index contributed by atoms with van der Waals surface area (Å²) in [4.78, 5) is 20.5. The zero-order valence-electron chi connectivity index (χ0n) is 23.0. The van der Waals surface area contributed by atoms with Gasteiger partial charge in [-0.3, -0.25) is 4.90 Å². The Hall–Kier alpha value is -3.16. The minimum atomic E-state index is -0.849. The van der Waals surface area contributed by atoms with Gasteiger partial charge in [0.15, 0.2) is 0 Å². The number of imidazole rings is 1. The summed E-state index contributed by atoms with van der Waals surface area (Å²) in [6.45, 7) is 2.76. The molecule has 5 aromatic rings. The highest BCUT2D eigenvalue weighted by Gasteiger charge is 2.33. The van der Waals surface area contributed by atoms with Crippen LogP contribution in [0.4, 0.5) is 0 Å². The number of hydrogen-bond acceptors (Lipinski definition) is 4. The van der Waals surface area contributed by atoms with E-state index >= 15 is 0 Å². The lowest BCUT2D eigenvalue weighted by Crippen LogP contribution is -2.34. The van der Waals surface area contributed by atoms with Crippen LogP contribution in [0.2, 0.25) is 10.0 Å². The van der Waals surface area contributed by atoms with E-state index in [1.807, 2.05) is 30.3 Å². The molecular formula is C34H31Cl2N3O2S. The second-order valence-corrected chi connectivity index (χ2v) is 13.5. The predicted octanol–water partition coefficient (Wildman–Crippen LogP) is 9.00. The molecule has 8 heteroatoms. The number of carbonyl (C=O) groups is 1. The van der Waals surface area contributed by atoms with Crippen molar-refractivity contribution < 1.29 is 9.90 Å². The SMILES string of the molecule is O=C(O)c1ccc(CN2CCC(n3c(C4CC4)nc4ccc(C(c5ccc(Cl)cc5)c5ccc(Cl)cc5)cc43)CC2)s1. The van der Waals surface area contributed by atoms with E-state index in [1.54, 1.807) is 6.07 Å². The van der Waals surface area contributed by atoms with Crippen molar-refractivity contribution in [1.82, 2.24) is 14.5 Å². The van der Waals surface area contributed by atoms with Crippen LogP contribution < -0.4 is 0 Å². The van der Waals surface area contributed by atoms with E-state index in [0.29, 0.717) is 16.8 Å². The number of carboxylic acids is 1. The van der Waals surface area contributed by atoms with Gasteiger partial charge >= 0.3 is 5.97 Å². The fraction of sp³-hybridized carbons (Fsp3) is 0.294. The summed E-state index contributed by atoms with van der Waals surface area (Å²) in [5.74, 6) is 0.973. The van der Waals surface area contributed by atoms with E-state index in [4.69, 9.17) is 28.2 Å². The van der Waals surface area contributed by atoms with Crippen LogP contribution in [0.1, 0.15) is 80.6 Å². The molecule has 1 aliphatic carbocycles. The number of aromatic carboxylic acids is 1. The van der Waals surface area contributed by atoms with E-state index in [0.717, 1.165) is 52.9 Å². The summed E-state index contributed by atoms with van der Waals surface area (Å²) >= 11 is 13.9. The fourth-order valence-electron chi connectivity index (χ4n) is 6.34. The molecule has 0 bridgehead atoms. The lowest BCUT2D eigenvalue weighted by Gasteiger charge is -2.33. The molecule has 214 valence electrons. The monoisotopic (exact) mass is 615 g/mol. The van der Waals surface area contributed by atoms with Crippen LogP contribution in [0.3, 0.4) is 0 Å². The fourth-order valence-corrected chi connectivity index (χ4v) is 7.48. The third-order valence-corrected chi connectivity index (χ3v) is 10.2. The number of hydrogen-bond donors (Lipinski definition) is 1. The van der Waals surface area contributed by atoms with Crippen molar-refractivity contribution in [3.05, 3.63) is 121 Å². The van der Waals surface area contributed by atoms with E-state index in [-0.39, 0.29) is 5.92 Å². The zero-order chi connectivity index (χ0) is 28.8.